The van der Waals surface area contributed by atoms with Crippen molar-refractivity contribution in [2.45, 2.75) is 0 Å². The van der Waals surface area contributed by atoms with E-state index in [4.69, 9.17) is 4.74 Å². The molecule has 3 aromatic carbocycles. The maximum Gasteiger partial charge on any atom is 0.121 e. The Morgan fingerprint density at radius 2 is 1.42 bits per heavy atom. The maximum absolute atomic E-state index is 5.27. The lowest BCUT2D eigenvalue weighted by Gasteiger charge is -2.08. The normalized spacial score (nSPS) is 10.7. The fourth-order valence-electron chi connectivity index (χ4n) is 2.85. The van der Waals surface area contributed by atoms with Crippen molar-refractivity contribution >= 4 is 10.9 Å². The summed E-state index contributed by atoms with van der Waals surface area (Å²) in [5, 5.41) is 1.02. The summed E-state index contributed by atoms with van der Waals surface area (Å²) in [5.41, 5.74) is 5.29. The third-order valence-electron chi connectivity index (χ3n) is 4.11. The molecular weight excluding hydrogens is 296 g/mol. The van der Waals surface area contributed by atoms with E-state index < -0.39 is 0 Å². The number of ether oxygens (including phenoxy) is 1. The first-order valence-electron chi connectivity index (χ1n) is 7.80. The number of hydrogen-bond acceptors (Lipinski definition) is 3. The van der Waals surface area contributed by atoms with Crippen LogP contribution in [0.2, 0.25) is 0 Å². The van der Waals surface area contributed by atoms with Gasteiger partial charge in [-0.05, 0) is 23.3 Å². The number of methoxy groups -OCH3 is 1. The van der Waals surface area contributed by atoms with Crippen molar-refractivity contribution in [1.82, 2.24) is 9.97 Å². The van der Waals surface area contributed by atoms with Crippen LogP contribution in [0.4, 0.5) is 0 Å². The number of nitrogens with zero attached hydrogens (tertiary/aromatic N) is 2. The average Bonchev–Trinajstić information content (AvgIpc) is 2.68. The van der Waals surface area contributed by atoms with Gasteiger partial charge in [-0.15, -0.1) is 0 Å². The van der Waals surface area contributed by atoms with E-state index in [2.05, 4.69) is 58.5 Å². The SMILES string of the molecule is COc1ccc2c(-c3ccc(-c4ccccc4)cc3)ncnc2c1. The van der Waals surface area contributed by atoms with E-state index in [0.717, 1.165) is 27.9 Å². The molecule has 0 spiro atoms. The van der Waals surface area contributed by atoms with Crippen LogP contribution in [0.1, 0.15) is 0 Å². The van der Waals surface area contributed by atoms with Crippen LogP contribution >= 0.6 is 0 Å². The van der Waals surface area contributed by atoms with Gasteiger partial charge in [0.1, 0.15) is 12.1 Å². The minimum atomic E-state index is 0.798. The molecule has 1 heterocycles. The summed E-state index contributed by atoms with van der Waals surface area (Å²) in [6.45, 7) is 0. The molecule has 3 nitrogen and oxygen atoms in total. The molecule has 0 aliphatic heterocycles. The Labute approximate surface area is 140 Å². The molecule has 4 rings (SSSR count). The summed E-state index contributed by atoms with van der Waals surface area (Å²) in [4.78, 5) is 8.83. The monoisotopic (exact) mass is 312 g/mol. The Balaban J connectivity index is 1.78. The molecule has 0 bridgehead atoms. The van der Waals surface area contributed by atoms with Crippen LogP contribution in [0.5, 0.6) is 5.75 Å². The summed E-state index contributed by atoms with van der Waals surface area (Å²) >= 11 is 0. The largest absolute Gasteiger partial charge is 0.497 e. The summed E-state index contributed by atoms with van der Waals surface area (Å²) in [6.07, 6.45) is 1.60. The van der Waals surface area contributed by atoms with Gasteiger partial charge >= 0.3 is 0 Å². The van der Waals surface area contributed by atoms with Gasteiger partial charge < -0.3 is 4.74 Å². The van der Waals surface area contributed by atoms with Crippen molar-refractivity contribution in [3.05, 3.63) is 79.1 Å². The molecular formula is C21H16N2O. The van der Waals surface area contributed by atoms with E-state index in [-0.39, 0.29) is 0 Å². The predicted molar refractivity (Wildman–Crippen MR) is 97.0 cm³/mol. The number of hydrogen-bond donors (Lipinski definition) is 0. The first kappa shape index (κ1) is 14.4. The second kappa shape index (κ2) is 6.13. The van der Waals surface area contributed by atoms with Gasteiger partial charge in [-0.1, -0.05) is 54.6 Å². The van der Waals surface area contributed by atoms with Crippen LogP contribution in [0.3, 0.4) is 0 Å². The van der Waals surface area contributed by atoms with E-state index in [0.29, 0.717) is 0 Å². The molecule has 0 radical (unpaired) electrons. The van der Waals surface area contributed by atoms with Crippen molar-refractivity contribution in [2.75, 3.05) is 7.11 Å². The maximum atomic E-state index is 5.27. The van der Waals surface area contributed by atoms with Crippen LogP contribution < -0.4 is 4.74 Å². The highest BCUT2D eigenvalue weighted by atomic mass is 16.5. The van der Waals surface area contributed by atoms with Crippen molar-refractivity contribution < 1.29 is 4.74 Å². The van der Waals surface area contributed by atoms with Crippen LogP contribution in [0.25, 0.3) is 33.3 Å². The quantitative estimate of drug-likeness (QED) is 0.535. The molecule has 0 amide bonds. The molecule has 24 heavy (non-hydrogen) atoms. The molecule has 0 saturated heterocycles. The number of rotatable bonds is 3. The van der Waals surface area contributed by atoms with E-state index in [9.17, 15) is 0 Å². The molecule has 116 valence electrons. The zero-order chi connectivity index (χ0) is 16.4. The van der Waals surface area contributed by atoms with Gasteiger partial charge in [-0.2, -0.15) is 0 Å². The molecule has 0 unspecified atom stereocenters. The Kier molecular flexibility index (Phi) is 3.67. The number of fused-ring (bicyclic) bond motifs is 1. The lowest BCUT2D eigenvalue weighted by molar-refractivity contribution is 0.415. The van der Waals surface area contributed by atoms with Crippen molar-refractivity contribution in [1.29, 1.82) is 0 Å². The molecule has 0 aliphatic carbocycles. The minimum absolute atomic E-state index is 0.798. The van der Waals surface area contributed by atoms with Gasteiger partial charge in [0, 0.05) is 17.0 Å². The standard InChI is InChI=1S/C21H16N2O/c1-24-18-11-12-19-20(13-18)22-14-23-21(19)17-9-7-16(8-10-17)15-5-3-2-4-6-15/h2-14H,1H3. The highest BCUT2D eigenvalue weighted by Gasteiger charge is 2.08. The smallest absolute Gasteiger partial charge is 0.121 e. The van der Waals surface area contributed by atoms with Crippen LogP contribution in [0, 0.1) is 0 Å². The topological polar surface area (TPSA) is 35.0 Å². The molecule has 3 heteroatoms. The van der Waals surface area contributed by atoms with Gasteiger partial charge in [0.2, 0.25) is 0 Å². The third kappa shape index (κ3) is 2.61. The second-order valence-electron chi connectivity index (χ2n) is 5.55. The minimum Gasteiger partial charge on any atom is -0.497 e. The molecule has 0 N–H and O–H groups in total. The third-order valence-corrected chi connectivity index (χ3v) is 4.11. The summed E-state index contributed by atoms with van der Waals surface area (Å²) in [7, 11) is 1.66. The van der Waals surface area contributed by atoms with Crippen molar-refractivity contribution in [2.24, 2.45) is 0 Å². The molecule has 0 atom stereocenters. The molecule has 0 fully saturated rings. The number of aromatic nitrogens is 2. The average molecular weight is 312 g/mol. The Hall–Kier alpha value is -3.20. The van der Waals surface area contributed by atoms with E-state index in [1.807, 2.05) is 24.3 Å². The first-order valence-corrected chi connectivity index (χ1v) is 7.80. The zero-order valence-corrected chi connectivity index (χ0v) is 13.3. The van der Waals surface area contributed by atoms with Gasteiger partial charge in [-0.3, -0.25) is 0 Å². The van der Waals surface area contributed by atoms with E-state index >= 15 is 0 Å². The Morgan fingerprint density at radius 1 is 0.708 bits per heavy atom. The van der Waals surface area contributed by atoms with Crippen LogP contribution in [0.15, 0.2) is 79.1 Å². The molecule has 1 aromatic heterocycles. The second-order valence-corrected chi connectivity index (χ2v) is 5.55. The molecule has 0 saturated carbocycles. The number of benzene rings is 3. The molecule has 0 aliphatic rings. The van der Waals surface area contributed by atoms with E-state index in [1.54, 1.807) is 13.4 Å². The summed E-state index contributed by atoms with van der Waals surface area (Å²) in [6, 6.07) is 24.7. The summed E-state index contributed by atoms with van der Waals surface area (Å²) in [5.74, 6) is 0.798. The predicted octanol–water partition coefficient (Wildman–Crippen LogP) is 4.97. The summed E-state index contributed by atoms with van der Waals surface area (Å²) < 4.78 is 5.27. The fourth-order valence-corrected chi connectivity index (χ4v) is 2.85. The van der Waals surface area contributed by atoms with Gasteiger partial charge in [0.25, 0.3) is 0 Å². The molecule has 4 aromatic rings. The first-order chi connectivity index (χ1) is 11.8. The van der Waals surface area contributed by atoms with Gasteiger partial charge in [0.05, 0.1) is 18.3 Å². The van der Waals surface area contributed by atoms with E-state index in [1.165, 1.54) is 11.1 Å². The van der Waals surface area contributed by atoms with Crippen molar-refractivity contribution in [3.8, 4) is 28.1 Å². The Bertz CT molecular complexity index is 980. The van der Waals surface area contributed by atoms with Crippen molar-refractivity contribution in [3.63, 3.8) is 0 Å². The zero-order valence-electron chi connectivity index (χ0n) is 13.3. The highest BCUT2D eigenvalue weighted by molar-refractivity contribution is 5.93. The van der Waals surface area contributed by atoms with Gasteiger partial charge in [-0.25, -0.2) is 9.97 Å². The Morgan fingerprint density at radius 3 is 2.17 bits per heavy atom. The van der Waals surface area contributed by atoms with Crippen LogP contribution in [-0.2, 0) is 0 Å². The van der Waals surface area contributed by atoms with Gasteiger partial charge in [0.15, 0.2) is 0 Å². The van der Waals surface area contributed by atoms with Crippen LogP contribution in [-0.4, -0.2) is 17.1 Å². The lowest BCUT2D eigenvalue weighted by Crippen LogP contribution is -1.90. The lowest BCUT2D eigenvalue weighted by atomic mass is 10.0. The highest BCUT2D eigenvalue weighted by Crippen LogP contribution is 2.29. The fraction of sp³-hybridized carbons (Fsp3) is 0.0476.